The molecular weight excluding hydrogens is 316 g/mol. The van der Waals surface area contributed by atoms with Gasteiger partial charge in [-0.05, 0) is 40.2 Å². The molecular formula is C20H28N2O3. The molecule has 2 bridgehead atoms. The summed E-state index contributed by atoms with van der Waals surface area (Å²) >= 11 is 0. The summed E-state index contributed by atoms with van der Waals surface area (Å²) in [7, 11) is 0. The van der Waals surface area contributed by atoms with Gasteiger partial charge in [0.05, 0.1) is 5.54 Å². The molecule has 0 spiro atoms. The predicted octanol–water partition coefficient (Wildman–Crippen LogP) is 3.23. The van der Waals surface area contributed by atoms with E-state index in [0.717, 1.165) is 6.54 Å². The molecule has 2 aliphatic heterocycles. The van der Waals surface area contributed by atoms with Gasteiger partial charge in [0.1, 0.15) is 11.1 Å². The topological polar surface area (TPSA) is 49.9 Å². The van der Waals surface area contributed by atoms with E-state index in [1.54, 1.807) is 4.90 Å². The van der Waals surface area contributed by atoms with Gasteiger partial charge >= 0.3 is 6.09 Å². The van der Waals surface area contributed by atoms with Crippen molar-refractivity contribution in [2.24, 2.45) is 0 Å². The highest BCUT2D eigenvalue weighted by Gasteiger charge is 2.62. The number of fused-ring (bicyclic) bond motifs is 2. The van der Waals surface area contributed by atoms with E-state index in [1.807, 2.05) is 52.8 Å². The number of Topliss-reactive ketones (excluding diaryl/α,β-unsaturated/α-hetero) is 1. The minimum Gasteiger partial charge on any atom is -0.444 e. The average molecular weight is 344 g/mol. The van der Waals surface area contributed by atoms with Crippen LogP contribution in [0.25, 0.3) is 0 Å². The third-order valence-electron chi connectivity index (χ3n) is 5.10. The summed E-state index contributed by atoms with van der Waals surface area (Å²) in [4.78, 5) is 29.6. The molecule has 2 fully saturated rings. The molecule has 0 aliphatic carbocycles. The Morgan fingerprint density at radius 2 is 1.80 bits per heavy atom. The monoisotopic (exact) mass is 344 g/mol. The first-order chi connectivity index (χ1) is 11.5. The Balaban J connectivity index is 1.85. The molecule has 0 aromatic heterocycles. The molecule has 25 heavy (non-hydrogen) atoms. The van der Waals surface area contributed by atoms with Crippen molar-refractivity contribution in [1.29, 1.82) is 0 Å². The fraction of sp³-hybridized carbons (Fsp3) is 0.600. The van der Waals surface area contributed by atoms with Crippen LogP contribution in [0.15, 0.2) is 30.3 Å². The van der Waals surface area contributed by atoms with E-state index in [-0.39, 0.29) is 11.9 Å². The van der Waals surface area contributed by atoms with Gasteiger partial charge in [-0.2, -0.15) is 0 Å². The van der Waals surface area contributed by atoms with Gasteiger partial charge < -0.3 is 4.74 Å². The smallest absolute Gasteiger partial charge is 0.411 e. The lowest BCUT2D eigenvalue weighted by atomic mass is 9.94. The summed E-state index contributed by atoms with van der Waals surface area (Å²) in [5, 5.41) is 0. The molecule has 1 amide bonds. The van der Waals surface area contributed by atoms with E-state index in [4.69, 9.17) is 4.74 Å². The van der Waals surface area contributed by atoms with Crippen molar-refractivity contribution in [1.82, 2.24) is 9.80 Å². The van der Waals surface area contributed by atoms with Crippen molar-refractivity contribution in [3.63, 3.8) is 0 Å². The highest BCUT2D eigenvalue weighted by molar-refractivity contribution is 5.97. The molecule has 5 nitrogen and oxygen atoms in total. The van der Waals surface area contributed by atoms with Crippen molar-refractivity contribution in [3.8, 4) is 0 Å². The number of nitrogens with zero attached hydrogens (tertiary/aromatic N) is 2. The van der Waals surface area contributed by atoms with E-state index in [9.17, 15) is 9.59 Å². The number of benzene rings is 1. The van der Waals surface area contributed by atoms with Gasteiger partial charge in [0.25, 0.3) is 0 Å². The Labute approximate surface area is 149 Å². The van der Waals surface area contributed by atoms with Gasteiger partial charge in [-0.1, -0.05) is 30.3 Å². The van der Waals surface area contributed by atoms with Crippen LogP contribution in [-0.4, -0.2) is 51.4 Å². The third-order valence-corrected chi connectivity index (χ3v) is 5.10. The maximum atomic E-state index is 12.8. The molecule has 2 saturated heterocycles. The first-order valence-electron chi connectivity index (χ1n) is 8.86. The number of ether oxygens (including phenoxy) is 1. The zero-order valence-corrected chi connectivity index (χ0v) is 15.8. The second-order valence-electron chi connectivity index (χ2n) is 8.82. The summed E-state index contributed by atoms with van der Waals surface area (Å²) in [6, 6.07) is 10.2. The minimum atomic E-state index is -0.829. The van der Waals surface area contributed by atoms with Crippen LogP contribution in [0.1, 0.15) is 46.6 Å². The fourth-order valence-electron chi connectivity index (χ4n) is 4.28. The maximum absolute atomic E-state index is 12.8. The SMILES string of the molecule is CC(C)(C)OC(=O)N1[C@@]2(C)CC(=O)[C@@]1(C)CN(Cc1ccccc1)C2. The summed E-state index contributed by atoms with van der Waals surface area (Å²) in [6.45, 7) is 11.4. The lowest BCUT2D eigenvalue weighted by Gasteiger charge is -2.50. The Bertz CT molecular complexity index is 682. The molecule has 136 valence electrons. The van der Waals surface area contributed by atoms with Crippen molar-refractivity contribution in [2.45, 2.75) is 64.3 Å². The van der Waals surface area contributed by atoms with Crippen molar-refractivity contribution in [3.05, 3.63) is 35.9 Å². The number of carbonyl (C=O) groups excluding carboxylic acids is 2. The van der Waals surface area contributed by atoms with Gasteiger partial charge in [-0.3, -0.25) is 14.6 Å². The van der Waals surface area contributed by atoms with E-state index >= 15 is 0 Å². The number of hydrogen-bond donors (Lipinski definition) is 0. The van der Waals surface area contributed by atoms with Gasteiger partial charge in [-0.15, -0.1) is 0 Å². The van der Waals surface area contributed by atoms with Crippen LogP contribution in [-0.2, 0) is 16.1 Å². The van der Waals surface area contributed by atoms with Crippen LogP contribution in [0.4, 0.5) is 4.79 Å². The molecule has 5 heteroatoms. The first kappa shape index (κ1) is 17.9. The standard InChI is InChI=1S/C20H28N2O3/c1-18(2,3)25-17(24)22-19(4)11-16(23)20(22,5)14-21(13-19)12-15-9-7-6-8-10-15/h6-10H,11-14H2,1-5H3/t19-,20+/m0/s1. The number of carbonyl (C=O) groups is 2. The van der Waals surface area contributed by atoms with Gasteiger partial charge in [0, 0.05) is 26.1 Å². The number of rotatable bonds is 2. The number of ketones is 1. The summed E-state index contributed by atoms with van der Waals surface area (Å²) < 4.78 is 5.61. The van der Waals surface area contributed by atoms with Crippen LogP contribution in [0.5, 0.6) is 0 Å². The van der Waals surface area contributed by atoms with E-state index < -0.39 is 16.7 Å². The van der Waals surface area contributed by atoms with E-state index in [1.165, 1.54) is 5.56 Å². The van der Waals surface area contributed by atoms with Crippen LogP contribution in [0.2, 0.25) is 0 Å². The summed E-state index contributed by atoms with van der Waals surface area (Å²) in [5.41, 5.74) is -0.717. The van der Waals surface area contributed by atoms with E-state index in [0.29, 0.717) is 19.5 Å². The predicted molar refractivity (Wildman–Crippen MR) is 96.2 cm³/mol. The lowest BCUT2D eigenvalue weighted by Crippen LogP contribution is -2.68. The Kier molecular flexibility index (Phi) is 4.18. The second kappa shape index (κ2) is 5.84. The average Bonchev–Trinajstić information content (AvgIpc) is 2.57. The fourth-order valence-corrected chi connectivity index (χ4v) is 4.28. The normalized spacial score (nSPS) is 29.8. The minimum absolute atomic E-state index is 0.122. The molecule has 0 radical (unpaired) electrons. The van der Waals surface area contributed by atoms with Gasteiger partial charge in [0.2, 0.25) is 0 Å². The molecule has 2 aliphatic rings. The highest BCUT2D eigenvalue weighted by Crippen LogP contribution is 2.44. The zero-order valence-electron chi connectivity index (χ0n) is 15.8. The Hall–Kier alpha value is -1.88. The molecule has 1 aromatic rings. The number of piperazine rings is 1. The zero-order chi connectivity index (χ0) is 18.5. The van der Waals surface area contributed by atoms with Crippen LogP contribution < -0.4 is 0 Å². The number of amides is 1. The van der Waals surface area contributed by atoms with Crippen molar-refractivity contribution in [2.75, 3.05) is 13.1 Å². The molecule has 2 heterocycles. The first-order valence-corrected chi connectivity index (χ1v) is 8.86. The second-order valence-corrected chi connectivity index (χ2v) is 8.82. The van der Waals surface area contributed by atoms with Crippen LogP contribution in [0.3, 0.4) is 0 Å². The third kappa shape index (κ3) is 3.30. The summed E-state index contributed by atoms with van der Waals surface area (Å²) in [5.74, 6) is 0.122. The molecule has 0 saturated carbocycles. The van der Waals surface area contributed by atoms with Gasteiger partial charge in [-0.25, -0.2) is 4.79 Å². The quantitative estimate of drug-likeness (QED) is 0.826. The highest BCUT2D eigenvalue weighted by atomic mass is 16.6. The Morgan fingerprint density at radius 3 is 2.36 bits per heavy atom. The van der Waals surface area contributed by atoms with E-state index in [2.05, 4.69) is 17.0 Å². The Morgan fingerprint density at radius 1 is 1.16 bits per heavy atom. The number of hydrogen-bond acceptors (Lipinski definition) is 4. The van der Waals surface area contributed by atoms with Crippen LogP contribution in [0, 0.1) is 0 Å². The number of likely N-dealkylation sites (tertiary alicyclic amines) is 1. The molecule has 1 aromatic carbocycles. The van der Waals surface area contributed by atoms with Gasteiger partial charge in [0.15, 0.2) is 5.78 Å². The summed E-state index contributed by atoms with van der Waals surface area (Å²) in [6.07, 6.45) is -0.00341. The molecule has 2 atom stereocenters. The molecule has 3 rings (SSSR count). The molecule has 0 N–H and O–H groups in total. The largest absolute Gasteiger partial charge is 0.444 e. The lowest BCUT2D eigenvalue weighted by molar-refractivity contribution is -0.127. The maximum Gasteiger partial charge on any atom is 0.411 e. The van der Waals surface area contributed by atoms with Crippen molar-refractivity contribution < 1.29 is 14.3 Å². The molecule has 0 unspecified atom stereocenters. The van der Waals surface area contributed by atoms with Crippen LogP contribution >= 0.6 is 0 Å². The van der Waals surface area contributed by atoms with Crippen molar-refractivity contribution >= 4 is 11.9 Å².